The minimum atomic E-state index is -2.23. The first-order valence-electron chi connectivity index (χ1n) is 49.2. The standard InChI is InChI=1S/C94H148N2O44/c1-40-56(103)62(109)67(114)82(127-40)135-74-69(116)76(79(119)95-31-18-16-14-12-11-13-15-17-22-55(102)124-37-43-20-19-21-44(32-43)96(121)122)137-87(78(74)139-83-68(115)63(110)60(107)49(35-97)130-83)132-54-26-27-90(6)51-24-23-45-46-33-89(4,5)29-30-94(46,53(101)34-92(45,8)91(51,7)28-25-52(90)93(54,9)123-10)88(120)140-86-77(64(111)57(104)41(2)128-86)138-84-71(118)75(72(42(3)129-84)133-80-65(112)58(105)47(99)38-125-80)136-85-70(117)73(61(108)50(36-98)131-85)134-81-66(113)59(106)48(100)39-126-81/h19-21,23,32,40-42,46-54,56-78,80-87,97-101,103-118H,11-18,22,24-31,33-39H2,1-10H3,(H,95,119)/t40?,41?,42?,46?,47-,48-,49?,50?,51?,52-,53+,54+,56?,57+,58+,59+,60+,61-,62?,63+,64+,65?,66?,67?,68?,69+,70?,71+,72+,73+,74+,75?,76?,77?,78?,80+,81+,82?,83+,84?,85+,86+,87-,90?,91?,92-,93?,94?/m1/s1. The van der Waals surface area contributed by atoms with Crippen molar-refractivity contribution in [2.45, 2.75) is 436 Å². The van der Waals surface area contributed by atoms with Crippen LogP contribution in [0.2, 0.25) is 0 Å². The second-order valence-electron chi connectivity index (χ2n) is 42.4. The number of aliphatic hydroxyl groups excluding tert-OH is 21. The number of hydrogen-bond acceptors (Lipinski definition) is 44. The number of benzene rings is 1. The first kappa shape index (κ1) is 111. The normalized spacial score (nSPS) is 48.0. The third-order valence-corrected chi connectivity index (χ3v) is 33.1. The predicted molar refractivity (Wildman–Crippen MR) is 470 cm³/mol. The highest BCUT2D eigenvalue weighted by molar-refractivity contribution is 5.82. The number of rotatable bonds is 34. The van der Waals surface area contributed by atoms with Crippen LogP contribution in [0.1, 0.15) is 183 Å². The van der Waals surface area contributed by atoms with E-state index in [0.717, 1.165) is 37.7 Å². The van der Waals surface area contributed by atoms with Crippen LogP contribution in [-0.2, 0) is 106 Å². The van der Waals surface area contributed by atoms with E-state index < -0.39 is 339 Å². The molecule has 0 bridgehead atoms. The topological polar surface area (TPSA) is 697 Å². The van der Waals surface area contributed by atoms with E-state index in [1.54, 1.807) is 6.07 Å². The molecule has 14 rings (SSSR count). The quantitative estimate of drug-likeness (QED) is 0.00787. The van der Waals surface area contributed by atoms with Crippen LogP contribution >= 0.6 is 0 Å². The maximum absolute atomic E-state index is 16.2. The number of allylic oxidation sites excluding steroid dienone is 2. The number of hydrogen-bond donors (Lipinski definition) is 22. The second kappa shape index (κ2) is 45.4. The van der Waals surface area contributed by atoms with E-state index in [1.807, 2.05) is 6.92 Å². The SMILES string of the molecule is COC1(C)[C@@H](O[C@@H]2OC(C(=O)NCCCCCCCCCCC(=O)OCc3cccc([N+](=O)[O-])c3)[C@@H](O)[C@H](OC3OC(C)C(O)C(O)C3O)C2O[C@@H]2OC(CO)[C@H](O)[C@H](O)C2O)CCC2(C)C3CC=C4C5CC(C)(C)CCC5(C(=O)O[C@@H]5OC(C)[C@H](O)[C@H](O)C5OC5OC(C)[C@H](O[C@@H]6OC[C@@H](O)[C@H](O)C6O)C(O[C@@H]6OC(CO)[C@@H](O)[C@H](O[C@@H]7OC[C@@H](O)[C@H](O)C7O)C6O)[C@@H]5O)[C@@H](O)C[C@@]4(C)C3(C)CC[C@H]21. The summed E-state index contributed by atoms with van der Waals surface area (Å²) in [6.45, 7) is 13.7. The molecule has 22 N–H and O–H groups in total. The van der Waals surface area contributed by atoms with Crippen molar-refractivity contribution in [1.82, 2.24) is 5.32 Å². The summed E-state index contributed by atoms with van der Waals surface area (Å²) in [7, 11) is 1.53. The molecule has 8 aliphatic heterocycles. The van der Waals surface area contributed by atoms with E-state index in [-0.39, 0.29) is 50.4 Å². The molecule has 8 heterocycles. The van der Waals surface area contributed by atoms with Gasteiger partial charge in [-0.05, 0) is 143 Å². The highest BCUT2D eigenvalue weighted by atomic mass is 16.8. The zero-order valence-electron chi connectivity index (χ0n) is 80.4. The maximum atomic E-state index is 16.2. The number of non-ortho nitro benzene ring substituents is 1. The van der Waals surface area contributed by atoms with Gasteiger partial charge in [0.15, 0.2) is 56.2 Å². The van der Waals surface area contributed by atoms with Gasteiger partial charge in [-0.25, -0.2) is 0 Å². The number of carbonyl (C=O) groups excluding carboxylic acids is 3. The number of unbranched alkanes of at least 4 members (excludes halogenated alkanes) is 7. The lowest BCUT2D eigenvalue weighted by Gasteiger charge is -2.71. The number of aliphatic hydroxyl groups is 21. The summed E-state index contributed by atoms with van der Waals surface area (Å²) in [6.07, 6.45) is -61.9. The number of carbonyl (C=O) groups is 3. The molecular weight excluding hydrogens is 1860 g/mol. The molecule has 8 saturated heterocycles. The molecule has 0 radical (unpaired) electrons. The number of ether oxygens (including phenoxy) is 18. The third-order valence-electron chi connectivity index (χ3n) is 33.1. The number of nitro groups is 1. The molecule has 4 saturated carbocycles. The van der Waals surface area contributed by atoms with E-state index in [0.29, 0.717) is 63.4 Å². The van der Waals surface area contributed by atoms with Gasteiger partial charge in [-0.3, -0.25) is 24.5 Å². The molecule has 1 aromatic carbocycles. The lowest BCUT2D eigenvalue weighted by atomic mass is 9.34. The van der Waals surface area contributed by atoms with Gasteiger partial charge in [0.25, 0.3) is 11.6 Å². The van der Waals surface area contributed by atoms with Crippen LogP contribution in [0.4, 0.5) is 5.69 Å². The number of nitrogens with one attached hydrogen (secondary N) is 1. The van der Waals surface area contributed by atoms with E-state index >= 15 is 4.79 Å². The number of fused-ring (bicyclic) bond motifs is 7. The van der Waals surface area contributed by atoms with Gasteiger partial charge in [-0.15, -0.1) is 0 Å². The van der Waals surface area contributed by atoms with Gasteiger partial charge in [-0.2, -0.15) is 0 Å². The van der Waals surface area contributed by atoms with Crippen LogP contribution in [0.5, 0.6) is 0 Å². The zero-order valence-corrected chi connectivity index (χ0v) is 80.4. The smallest absolute Gasteiger partial charge is 0.317 e. The summed E-state index contributed by atoms with van der Waals surface area (Å²) in [5.74, 6) is -3.58. The summed E-state index contributed by atoms with van der Waals surface area (Å²) in [4.78, 5) is 54.2. The largest absolute Gasteiger partial charge is 0.461 e. The average Bonchev–Trinajstić information content (AvgIpc) is 0.667. The number of methoxy groups -OCH3 is 1. The van der Waals surface area contributed by atoms with Crippen LogP contribution in [0.25, 0.3) is 0 Å². The van der Waals surface area contributed by atoms with Crippen molar-refractivity contribution in [3.05, 3.63) is 51.6 Å². The summed E-state index contributed by atoms with van der Waals surface area (Å²) in [5, 5.41) is 252. The summed E-state index contributed by atoms with van der Waals surface area (Å²) >= 11 is 0. The highest BCUT2D eigenvalue weighted by Gasteiger charge is 2.74. The van der Waals surface area contributed by atoms with Gasteiger partial charge in [-0.1, -0.05) is 96.9 Å². The van der Waals surface area contributed by atoms with Crippen molar-refractivity contribution < 1.29 is 212 Å². The predicted octanol–water partition coefficient (Wildman–Crippen LogP) is -3.74. The molecule has 48 atom stereocenters. The molecule has 5 aliphatic carbocycles. The molecule has 24 unspecified atom stereocenters. The van der Waals surface area contributed by atoms with Crippen molar-refractivity contribution in [3.63, 3.8) is 0 Å². The Balaban J connectivity index is 0.695. The van der Waals surface area contributed by atoms with Crippen molar-refractivity contribution in [1.29, 1.82) is 0 Å². The lowest BCUT2D eigenvalue weighted by Crippen LogP contribution is -2.71. The maximum Gasteiger partial charge on any atom is 0.317 e. The van der Waals surface area contributed by atoms with E-state index in [2.05, 4.69) is 46.0 Å². The van der Waals surface area contributed by atoms with E-state index in [4.69, 9.17) is 85.3 Å². The van der Waals surface area contributed by atoms with Crippen molar-refractivity contribution in [2.24, 2.45) is 44.8 Å². The monoisotopic (exact) mass is 2010 g/mol. The third kappa shape index (κ3) is 21.9. The fourth-order valence-corrected chi connectivity index (χ4v) is 24.4. The van der Waals surface area contributed by atoms with E-state index in [9.17, 15) is 127 Å². The molecule has 46 nitrogen and oxygen atoms in total. The Morgan fingerprint density at radius 2 is 1.01 bits per heavy atom. The zero-order chi connectivity index (χ0) is 102. The van der Waals surface area contributed by atoms with Crippen molar-refractivity contribution in [3.8, 4) is 0 Å². The fourth-order valence-electron chi connectivity index (χ4n) is 24.4. The molecule has 0 spiro atoms. The number of nitro benzene ring substituents is 1. The fraction of sp³-hybridized carbons (Fsp3) is 0.883. The molecule has 1 aromatic rings. The Hall–Kier alpha value is -4.71. The van der Waals surface area contributed by atoms with Crippen molar-refractivity contribution in [2.75, 3.05) is 40.1 Å². The van der Waals surface area contributed by atoms with Gasteiger partial charge in [0.1, 0.15) is 165 Å². The summed E-state index contributed by atoms with van der Waals surface area (Å²) < 4.78 is 112. The Labute approximate surface area is 809 Å². The second-order valence-corrected chi connectivity index (χ2v) is 42.4. The Kier molecular flexibility index (Phi) is 36.0. The minimum absolute atomic E-state index is 0.0125. The summed E-state index contributed by atoms with van der Waals surface area (Å²) in [6, 6.07) is 5.86. The van der Waals surface area contributed by atoms with Gasteiger partial charge in [0.05, 0.1) is 67.5 Å². The first-order chi connectivity index (χ1) is 66.1. The van der Waals surface area contributed by atoms with E-state index in [1.165, 1.54) is 46.1 Å². The van der Waals surface area contributed by atoms with Gasteiger partial charge < -0.3 is 198 Å². The van der Waals surface area contributed by atoms with Crippen LogP contribution in [0.15, 0.2) is 35.9 Å². The molecule has 0 aromatic heterocycles. The van der Waals surface area contributed by atoms with Crippen LogP contribution in [0.3, 0.4) is 0 Å². The Morgan fingerprint density at radius 3 is 1.63 bits per heavy atom. The Morgan fingerprint density at radius 1 is 0.486 bits per heavy atom. The molecule has 140 heavy (non-hydrogen) atoms. The van der Waals surface area contributed by atoms with Crippen LogP contribution < -0.4 is 5.32 Å². The Bertz CT molecular complexity index is 4300. The molecular formula is C94H148N2O44. The minimum Gasteiger partial charge on any atom is -0.461 e. The van der Waals surface area contributed by atoms with Gasteiger partial charge >= 0.3 is 11.9 Å². The van der Waals surface area contributed by atoms with Gasteiger partial charge in [0, 0.05) is 32.2 Å². The lowest BCUT2D eigenvalue weighted by molar-refractivity contribution is -0.399. The number of esters is 2. The average molecular weight is 2010 g/mol. The molecule has 13 aliphatic rings. The molecule has 12 fully saturated rings. The van der Waals surface area contributed by atoms with Gasteiger partial charge in [0.2, 0.25) is 6.29 Å². The molecule has 46 heteroatoms. The molecule has 1 amide bonds. The van der Waals surface area contributed by atoms with Crippen LogP contribution in [-0.4, -0.2) is 421 Å². The number of amides is 1. The first-order valence-corrected chi connectivity index (χ1v) is 49.2. The highest BCUT2D eigenvalue weighted by Crippen LogP contribution is 2.76. The number of nitrogens with zero attached hydrogens (tertiary/aromatic N) is 1. The van der Waals surface area contributed by atoms with Crippen LogP contribution in [0, 0.1) is 54.9 Å². The summed E-state index contributed by atoms with van der Waals surface area (Å²) in [5.41, 5.74) is -4.45. The van der Waals surface area contributed by atoms with Crippen molar-refractivity contribution >= 4 is 23.5 Å². The molecule has 798 valence electrons.